The van der Waals surface area contributed by atoms with Crippen molar-refractivity contribution < 1.29 is 0 Å². The van der Waals surface area contributed by atoms with Crippen molar-refractivity contribution in [2.24, 2.45) is 5.92 Å². The van der Waals surface area contributed by atoms with Crippen LogP contribution in [0.15, 0.2) is 18.7 Å². The van der Waals surface area contributed by atoms with E-state index in [4.69, 9.17) is 0 Å². The number of hydrogen-bond donors (Lipinski definition) is 1. The smallest absolute Gasteiger partial charge is 0.0946 e. The van der Waals surface area contributed by atoms with Gasteiger partial charge in [0, 0.05) is 18.9 Å². The summed E-state index contributed by atoms with van der Waals surface area (Å²) in [5.74, 6) is 0.661. The first kappa shape index (κ1) is 8.27. The number of hydrogen-bond acceptors (Lipinski definition) is 2. The topological polar surface area (TPSA) is 29.9 Å². The molecule has 0 radical (unpaired) electrons. The molecule has 1 atom stereocenters. The predicted octanol–water partition coefficient (Wildman–Crippen LogP) is 0.739. The highest BCUT2D eigenvalue weighted by Gasteiger charge is 1.99. The standard InChI is InChI=1S/C8H15N3/c1-8(5-9-2)6-11-4-3-10-7-11/h3-4,7-9H,5-6H2,1-2H3. The van der Waals surface area contributed by atoms with Gasteiger partial charge in [-0.15, -0.1) is 0 Å². The van der Waals surface area contributed by atoms with E-state index in [1.54, 1.807) is 0 Å². The van der Waals surface area contributed by atoms with Crippen LogP contribution in [0.25, 0.3) is 0 Å². The first-order chi connectivity index (χ1) is 5.33. The van der Waals surface area contributed by atoms with Crippen LogP contribution in [-0.4, -0.2) is 23.1 Å². The van der Waals surface area contributed by atoms with Crippen molar-refractivity contribution >= 4 is 0 Å². The maximum absolute atomic E-state index is 3.98. The molecule has 0 saturated carbocycles. The van der Waals surface area contributed by atoms with Crippen molar-refractivity contribution in [2.75, 3.05) is 13.6 Å². The Balaban J connectivity index is 2.31. The van der Waals surface area contributed by atoms with Crippen LogP contribution in [0, 0.1) is 5.92 Å². The van der Waals surface area contributed by atoms with Gasteiger partial charge in [-0.25, -0.2) is 4.98 Å². The number of nitrogens with zero attached hydrogens (tertiary/aromatic N) is 2. The third kappa shape index (κ3) is 2.72. The maximum Gasteiger partial charge on any atom is 0.0946 e. The second-order valence-electron chi connectivity index (χ2n) is 2.92. The van der Waals surface area contributed by atoms with Gasteiger partial charge in [0.05, 0.1) is 6.33 Å². The number of imidazole rings is 1. The molecule has 0 saturated heterocycles. The molecule has 3 heteroatoms. The Bertz CT molecular complexity index is 181. The number of aromatic nitrogens is 2. The molecule has 0 fully saturated rings. The molecule has 1 aromatic rings. The van der Waals surface area contributed by atoms with Crippen LogP contribution < -0.4 is 5.32 Å². The van der Waals surface area contributed by atoms with Gasteiger partial charge in [0.25, 0.3) is 0 Å². The molecule has 11 heavy (non-hydrogen) atoms. The Labute approximate surface area is 67.4 Å². The van der Waals surface area contributed by atoms with Crippen LogP contribution in [0.5, 0.6) is 0 Å². The molecule has 0 aliphatic rings. The average Bonchev–Trinajstić information content (AvgIpc) is 2.40. The zero-order valence-corrected chi connectivity index (χ0v) is 7.12. The third-order valence-electron chi connectivity index (χ3n) is 1.63. The fourth-order valence-electron chi connectivity index (χ4n) is 1.17. The average molecular weight is 153 g/mol. The molecule has 0 amide bonds. The zero-order chi connectivity index (χ0) is 8.10. The van der Waals surface area contributed by atoms with Crippen LogP contribution in [0.2, 0.25) is 0 Å². The van der Waals surface area contributed by atoms with Crippen molar-refractivity contribution in [3.05, 3.63) is 18.7 Å². The summed E-state index contributed by atoms with van der Waals surface area (Å²) in [6.07, 6.45) is 5.66. The van der Waals surface area contributed by atoms with E-state index < -0.39 is 0 Å². The lowest BCUT2D eigenvalue weighted by Crippen LogP contribution is -2.20. The summed E-state index contributed by atoms with van der Waals surface area (Å²) in [5.41, 5.74) is 0. The second-order valence-corrected chi connectivity index (χ2v) is 2.92. The monoisotopic (exact) mass is 153 g/mol. The lowest BCUT2D eigenvalue weighted by Gasteiger charge is -2.10. The molecule has 1 unspecified atom stereocenters. The number of rotatable bonds is 4. The molecular weight excluding hydrogens is 138 g/mol. The van der Waals surface area contributed by atoms with Gasteiger partial charge in [-0.05, 0) is 19.5 Å². The van der Waals surface area contributed by atoms with Crippen molar-refractivity contribution in [1.82, 2.24) is 14.9 Å². The molecule has 1 rings (SSSR count). The quantitative estimate of drug-likeness (QED) is 0.691. The van der Waals surface area contributed by atoms with E-state index in [1.807, 2.05) is 25.8 Å². The minimum absolute atomic E-state index is 0.661. The molecule has 0 spiro atoms. The second kappa shape index (κ2) is 4.13. The molecular formula is C8H15N3. The highest BCUT2D eigenvalue weighted by molar-refractivity contribution is 4.75. The summed E-state index contributed by atoms with van der Waals surface area (Å²) in [6.45, 7) is 4.31. The Morgan fingerprint density at radius 1 is 1.64 bits per heavy atom. The van der Waals surface area contributed by atoms with Gasteiger partial charge in [-0.3, -0.25) is 0 Å². The van der Waals surface area contributed by atoms with Crippen LogP contribution in [0.1, 0.15) is 6.92 Å². The Morgan fingerprint density at radius 3 is 3.00 bits per heavy atom. The van der Waals surface area contributed by atoms with Crippen LogP contribution in [-0.2, 0) is 6.54 Å². The largest absolute Gasteiger partial charge is 0.337 e. The SMILES string of the molecule is CNCC(C)Cn1ccnc1. The number of nitrogens with one attached hydrogen (secondary N) is 1. The first-order valence-electron chi connectivity index (χ1n) is 3.93. The lowest BCUT2D eigenvalue weighted by molar-refractivity contribution is 0.462. The lowest BCUT2D eigenvalue weighted by atomic mass is 10.2. The minimum Gasteiger partial charge on any atom is -0.337 e. The van der Waals surface area contributed by atoms with Gasteiger partial charge < -0.3 is 9.88 Å². The van der Waals surface area contributed by atoms with E-state index in [2.05, 4.69) is 21.8 Å². The van der Waals surface area contributed by atoms with Gasteiger partial charge in [-0.2, -0.15) is 0 Å². The molecule has 3 nitrogen and oxygen atoms in total. The normalized spacial score (nSPS) is 13.3. The minimum atomic E-state index is 0.661. The first-order valence-corrected chi connectivity index (χ1v) is 3.93. The highest BCUT2D eigenvalue weighted by atomic mass is 15.0. The fourth-order valence-corrected chi connectivity index (χ4v) is 1.17. The van der Waals surface area contributed by atoms with Gasteiger partial charge in [0.1, 0.15) is 0 Å². The Morgan fingerprint density at radius 2 is 2.45 bits per heavy atom. The van der Waals surface area contributed by atoms with Gasteiger partial charge >= 0.3 is 0 Å². The summed E-state index contributed by atoms with van der Waals surface area (Å²) < 4.78 is 2.10. The van der Waals surface area contributed by atoms with Gasteiger partial charge in [0.15, 0.2) is 0 Å². The Kier molecular flexibility index (Phi) is 3.11. The van der Waals surface area contributed by atoms with Crippen LogP contribution in [0.4, 0.5) is 0 Å². The van der Waals surface area contributed by atoms with E-state index >= 15 is 0 Å². The maximum atomic E-state index is 3.98. The summed E-state index contributed by atoms with van der Waals surface area (Å²) in [6, 6.07) is 0. The van der Waals surface area contributed by atoms with Gasteiger partial charge in [-0.1, -0.05) is 6.92 Å². The molecule has 1 N–H and O–H groups in total. The predicted molar refractivity (Wildman–Crippen MR) is 45.3 cm³/mol. The van der Waals surface area contributed by atoms with Crippen molar-refractivity contribution in [3.8, 4) is 0 Å². The van der Waals surface area contributed by atoms with Crippen LogP contribution >= 0.6 is 0 Å². The van der Waals surface area contributed by atoms with Gasteiger partial charge in [0.2, 0.25) is 0 Å². The molecule has 0 aliphatic carbocycles. The fraction of sp³-hybridized carbons (Fsp3) is 0.625. The summed E-state index contributed by atoms with van der Waals surface area (Å²) in [7, 11) is 1.98. The molecule has 0 aromatic carbocycles. The summed E-state index contributed by atoms with van der Waals surface area (Å²) in [4.78, 5) is 3.98. The van der Waals surface area contributed by atoms with Crippen molar-refractivity contribution in [2.45, 2.75) is 13.5 Å². The summed E-state index contributed by atoms with van der Waals surface area (Å²) >= 11 is 0. The van der Waals surface area contributed by atoms with Crippen molar-refractivity contribution in [3.63, 3.8) is 0 Å². The third-order valence-corrected chi connectivity index (χ3v) is 1.63. The van der Waals surface area contributed by atoms with E-state index in [1.165, 1.54) is 0 Å². The molecule has 1 aromatic heterocycles. The van der Waals surface area contributed by atoms with Crippen molar-refractivity contribution in [1.29, 1.82) is 0 Å². The summed E-state index contributed by atoms with van der Waals surface area (Å²) in [5, 5.41) is 3.15. The molecule has 1 heterocycles. The van der Waals surface area contributed by atoms with E-state index in [0.717, 1.165) is 13.1 Å². The molecule has 62 valence electrons. The van der Waals surface area contributed by atoms with E-state index in [9.17, 15) is 0 Å². The molecule has 0 bridgehead atoms. The van der Waals surface area contributed by atoms with Crippen LogP contribution in [0.3, 0.4) is 0 Å². The Hall–Kier alpha value is -0.830. The van der Waals surface area contributed by atoms with E-state index in [-0.39, 0.29) is 0 Å². The zero-order valence-electron chi connectivity index (χ0n) is 7.12. The van der Waals surface area contributed by atoms with E-state index in [0.29, 0.717) is 5.92 Å². The molecule has 0 aliphatic heterocycles. The highest BCUT2D eigenvalue weighted by Crippen LogP contribution is 1.97.